The van der Waals surface area contributed by atoms with E-state index in [4.69, 9.17) is 0 Å². The van der Waals surface area contributed by atoms with Crippen LogP contribution in [0, 0.1) is 34.5 Å². The highest BCUT2D eigenvalue weighted by Crippen LogP contribution is 2.66. The SMILES string of the molecule is C[C@@]1(O)CC[C@@]2(CO)[C@H](CC[C@@H]3[C@@H]2CC[C@]2(C)C(=O)CC[C@@H]32)C1. The minimum atomic E-state index is -0.553. The molecule has 0 aromatic rings. The van der Waals surface area contributed by atoms with Gasteiger partial charge >= 0.3 is 0 Å². The smallest absolute Gasteiger partial charge is 0.139 e. The second-order valence-electron chi connectivity index (χ2n) is 9.66. The van der Waals surface area contributed by atoms with Gasteiger partial charge < -0.3 is 10.2 Å². The van der Waals surface area contributed by atoms with E-state index in [-0.39, 0.29) is 17.4 Å². The van der Waals surface area contributed by atoms with Gasteiger partial charge in [-0.15, -0.1) is 0 Å². The second kappa shape index (κ2) is 5.05. The molecule has 0 unspecified atom stereocenters. The molecule has 0 aliphatic heterocycles. The van der Waals surface area contributed by atoms with Gasteiger partial charge in [0.05, 0.1) is 5.60 Å². The van der Waals surface area contributed by atoms with Crippen LogP contribution in [0.1, 0.15) is 71.6 Å². The Morgan fingerprint density at radius 3 is 2.57 bits per heavy atom. The molecular formula is C20H32O3. The molecule has 4 fully saturated rings. The molecular weight excluding hydrogens is 288 g/mol. The minimum Gasteiger partial charge on any atom is -0.396 e. The van der Waals surface area contributed by atoms with Crippen LogP contribution in [0.3, 0.4) is 0 Å². The Labute approximate surface area is 139 Å². The van der Waals surface area contributed by atoms with Crippen molar-refractivity contribution in [3.63, 3.8) is 0 Å². The Morgan fingerprint density at radius 1 is 1.04 bits per heavy atom. The van der Waals surface area contributed by atoms with Crippen LogP contribution >= 0.6 is 0 Å². The zero-order valence-corrected chi connectivity index (χ0v) is 14.7. The minimum absolute atomic E-state index is 0.0120. The Hall–Kier alpha value is -0.410. The third kappa shape index (κ3) is 2.12. The van der Waals surface area contributed by atoms with Gasteiger partial charge in [0, 0.05) is 18.4 Å². The number of fused-ring (bicyclic) bond motifs is 5. The average molecular weight is 320 g/mol. The highest BCUT2D eigenvalue weighted by molar-refractivity contribution is 5.87. The van der Waals surface area contributed by atoms with E-state index in [0.717, 1.165) is 51.4 Å². The number of aliphatic hydroxyl groups is 2. The van der Waals surface area contributed by atoms with Crippen LogP contribution in [0.15, 0.2) is 0 Å². The summed E-state index contributed by atoms with van der Waals surface area (Å²) in [6.07, 6.45) is 8.89. The highest BCUT2D eigenvalue weighted by Gasteiger charge is 2.62. The third-order valence-corrected chi connectivity index (χ3v) is 8.66. The first-order valence-electron chi connectivity index (χ1n) is 9.69. The fourth-order valence-corrected chi connectivity index (χ4v) is 7.31. The van der Waals surface area contributed by atoms with Gasteiger partial charge in [0.15, 0.2) is 0 Å². The van der Waals surface area contributed by atoms with E-state index in [2.05, 4.69) is 6.92 Å². The Balaban J connectivity index is 1.66. The average Bonchev–Trinajstić information content (AvgIpc) is 2.82. The van der Waals surface area contributed by atoms with Crippen molar-refractivity contribution in [1.82, 2.24) is 0 Å². The molecule has 0 aromatic heterocycles. The van der Waals surface area contributed by atoms with Gasteiger partial charge in [-0.1, -0.05) is 6.92 Å². The summed E-state index contributed by atoms with van der Waals surface area (Å²) >= 11 is 0. The molecule has 23 heavy (non-hydrogen) atoms. The fraction of sp³-hybridized carbons (Fsp3) is 0.950. The number of hydrogen-bond donors (Lipinski definition) is 2. The van der Waals surface area contributed by atoms with Crippen molar-refractivity contribution in [2.45, 2.75) is 77.2 Å². The zero-order valence-electron chi connectivity index (χ0n) is 14.7. The Bertz CT molecular complexity index is 513. The number of ketones is 1. The molecule has 4 saturated carbocycles. The van der Waals surface area contributed by atoms with Crippen molar-refractivity contribution in [1.29, 1.82) is 0 Å². The zero-order chi connectivity index (χ0) is 16.5. The maximum Gasteiger partial charge on any atom is 0.139 e. The topological polar surface area (TPSA) is 57.5 Å². The molecule has 0 heterocycles. The van der Waals surface area contributed by atoms with Crippen LogP contribution < -0.4 is 0 Å². The number of hydrogen-bond acceptors (Lipinski definition) is 3. The van der Waals surface area contributed by atoms with Crippen molar-refractivity contribution in [3.05, 3.63) is 0 Å². The molecule has 0 radical (unpaired) electrons. The lowest BCUT2D eigenvalue weighted by Gasteiger charge is -2.61. The molecule has 3 heteroatoms. The quantitative estimate of drug-likeness (QED) is 0.779. The van der Waals surface area contributed by atoms with Crippen LogP contribution in [-0.2, 0) is 4.79 Å². The monoisotopic (exact) mass is 320 g/mol. The lowest BCUT2D eigenvalue weighted by Crippen LogP contribution is -2.58. The summed E-state index contributed by atoms with van der Waals surface area (Å²) in [5.41, 5.74) is -0.619. The molecule has 4 aliphatic carbocycles. The molecule has 0 aromatic carbocycles. The summed E-state index contributed by atoms with van der Waals surface area (Å²) in [4.78, 5) is 12.4. The molecule has 4 aliphatic rings. The summed E-state index contributed by atoms with van der Waals surface area (Å²) in [6, 6.07) is 0. The first-order chi connectivity index (χ1) is 10.8. The van der Waals surface area contributed by atoms with E-state index in [0.29, 0.717) is 29.5 Å². The molecule has 0 bridgehead atoms. The van der Waals surface area contributed by atoms with E-state index in [9.17, 15) is 15.0 Å². The van der Waals surface area contributed by atoms with Crippen LogP contribution in [0.5, 0.6) is 0 Å². The van der Waals surface area contributed by atoms with E-state index >= 15 is 0 Å². The summed E-state index contributed by atoms with van der Waals surface area (Å²) < 4.78 is 0. The van der Waals surface area contributed by atoms with Crippen molar-refractivity contribution in [3.8, 4) is 0 Å². The molecule has 4 rings (SSSR count). The van der Waals surface area contributed by atoms with Gasteiger partial charge in [0.25, 0.3) is 0 Å². The predicted molar refractivity (Wildman–Crippen MR) is 88.8 cm³/mol. The maximum absolute atomic E-state index is 12.4. The number of rotatable bonds is 1. The van der Waals surface area contributed by atoms with Crippen molar-refractivity contribution in [2.24, 2.45) is 34.5 Å². The first-order valence-corrected chi connectivity index (χ1v) is 9.69. The molecule has 2 N–H and O–H groups in total. The van der Waals surface area contributed by atoms with Gasteiger partial charge in [-0.25, -0.2) is 0 Å². The van der Waals surface area contributed by atoms with Crippen LogP contribution in [0.25, 0.3) is 0 Å². The Kier molecular flexibility index (Phi) is 3.53. The first kappa shape index (κ1) is 16.1. The van der Waals surface area contributed by atoms with Gasteiger partial charge in [-0.3, -0.25) is 4.79 Å². The summed E-state index contributed by atoms with van der Waals surface area (Å²) in [5, 5.41) is 20.9. The summed E-state index contributed by atoms with van der Waals surface area (Å²) in [7, 11) is 0. The van der Waals surface area contributed by atoms with Crippen molar-refractivity contribution in [2.75, 3.05) is 6.61 Å². The standard InChI is InChI=1S/C20H32O3/c1-18(23)9-10-20(12-21)13(11-18)3-4-14-15-5-6-17(22)19(15,2)8-7-16(14)20/h13-16,21,23H,3-12H2,1-2H3/t13-,14+,15+,16+,18-,19+,20-/m1/s1. The number of aliphatic hydroxyl groups excluding tert-OH is 1. The number of carbonyl (C=O) groups is 1. The predicted octanol–water partition coefficient (Wildman–Crippen LogP) is 3.32. The van der Waals surface area contributed by atoms with Crippen LogP contribution in [0.4, 0.5) is 0 Å². The second-order valence-corrected chi connectivity index (χ2v) is 9.66. The fourth-order valence-electron chi connectivity index (χ4n) is 7.31. The Morgan fingerprint density at radius 2 is 1.83 bits per heavy atom. The van der Waals surface area contributed by atoms with Gasteiger partial charge in [-0.2, -0.15) is 0 Å². The highest BCUT2D eigenvalue weighted by atomic mass is 16.3. The normalized spacial score (nSPS) is 55.9. The van der Waals surface area contributed by atoms with Crippen molar-refractivity contribution < 1.29 is 15.0 Å². The molecule has 0 spiro atoms. The molecule has 0 amide bonds. The molecule has 3 nitrogen and oxygen atoms in total. The third-order valence-electron chi connectivity index (χ3n) is 8.66. The van der Waals surface area contributed by atoms with Gasteiger partial charge in [0.1, 0.15) is 5.78 Å². The summed E-state index contributed by atoms with van der Waals surface area (Å²) in [6.45, 7) is 4.45. The van der Waals surface area contributed by atoms with E-state index in [1.165, 1.54) is 6.42 Å². The summed E-state index contributed by atoms with van der Waals surface area (Å²) in [5.74, 6) is 2.67. The lowest BCUT2D eigenvalue weighted by atomic mass is 9.44. The largest absolute Gasteiger partial charge is 0.396 e. The molecule has 0 saturated heterocycles. The lowest BCUT2D eigenvalue weighted by molar-refractivity contribution is -0.169. The molecule has 130 valence electrons. The maximum atomic E-state index is 12.4. The number of Topliss-reactive ketones (excluding diaryl/α,β-unsaturated/α-hetero) is 1. The van der Waals surface area contributed by atoms with Gasteiger partial charge in [0.2, 0.25) is 0 Å². The van der Waals surface area contributed by atoms with Crippen LogP contribution in [-0.4, -0.2) is 28.2 Å². The van der Waals surface area contributed by atoms with Gasteiger partial charge in [-0.05, 0) is 87.4 Å². The van der Waals surface area contributed by atoms with E-state index in [1.54, 1.807) is 0 Å². The van der Waals surface area contributed by atoms with Crippen LogP contribution in [0.2, 0.25) is 0 Å². The molecule has 7 atom stereocenters. The number of carbonyl (C=O) groups excluding carboxylic acids is 1. The van der Waals surface area contributed by atoms with E-state index < -0.39 is 5.60 Å². The van der Waals surface area contributed by atoms with Crippen molar-refractivity contribution >= 4 is 5.78 Å². The van der Waals surface area contributed by atoms with E-state index in [1.807, 2.05) is 6.92 Å².